The van der Waals surface area contributed by atoms with E-state index in [1.807, 2.05) is 13.8 Å². The molecule has 1 aliphatic rings. The van der Waals surface area contributed by atoms with Crippen LogP contribution in [0.3, 0.4) is 0 Å². The summed E-state index contributed by atoms with van der Waals surface area (Å²) in [6.45, 7) is 3.65. The van der Waals surface area contributed by atoms with Gasteiger partial charge in [0.05, 0.1) is 18.1 Å². The number of hydrogen-bond acceptors (Lipinski definition) is 3. The number of rotatable bonds is 2. The molecule has 0 spiro atoms. The number of esters is 1. The number of ether oxygens (including phenoxy) is 1. The summed E-state index contributed by atoms with van der Waals surface area (Å²) in [5, 5.41) is 9.55. The van der Waals surface area contributed by atoms with Gasteiger partial charge in [-0.25, -0.2) is 0 Å². The highest BCUT2D eigenvalue weighted by Gasteiger charge is 2.30. The minimum absolute atomic E-state index is 0.0818. The first-order chi connectivity index (χ1) is 6.11. The fraction of sp³-hybridized carbons (Fsp3) is 0.900. The molecule has 1 saturated carbocycles. The van der Waals surface area contributed by atoms with Crippen molar-refractivity contribution in [3.05, 3.63) is 0 Å². The molecule has 1 N–H and O–H groups in total. The fourth-order valence-electron chi connectivity index (χ4n) is 1.71. The third-order valence-electron chi connectivity index (χ3n) is 2.38. The Morgan fingerprint density at radius 3 is 2.54 bits per heavy atom. The maximum atomic E-state index is 11.4. The molecule has 0 aliphatic heterocycles. The summed E-state index contributed by atoms with van der Waals surface area (Å²) in [4.78, 5) is 11.4. The van der Waals surface area contributed by atoms with Gasteiger partial charge in [-0.1, -0.05) is 12.8 Å². The molecule has 0 heterocycles. The first-order valence-corrected chi connectivity index (χ1v) is 5.00. The number of carbonyl (C=O) groups excluding carboxylic acids is 1. The van der Waals surface area contributed by atoms with Crippen LogP contribution in [0, 0.1) is 5.92 Å². The van der Waals surface area contributed by atoms with Gasteiger partial charge < -0.3 is 9.84 Å². The molecule has 0 aromatic carbocycles. The second-order valence-electron chi connectivity index (χ2n) is 3.94. The Bertz CT molecular complexity index is 177. The Kier molecular flexibility index (Phi) is 3.72. The summed E-state index contributed by atoms with van der Waals surface area (Å²) in [6, 6.07) is 0. The normalized spacial score (nSPS) is 28.9. The highest BCUT2D eigenvalue weighted by molar-refractivity contribution is 5.73. The zero-order valence-corrected chi connectivity index (χ0v) is 8.32. The van der Waals surface area contributed by atoms with Crippen molar-refractivity contribution in [2.75, 3.05) is 0 Å². The van der Waals surface area contributed by atoms with Crippen LogP contribution in [0.4, 0.5) is 0 Å². The monoisotopic (exact) mass is 186 g/mol. The van der Waals surface area contributed by atoms with Gasteiger partial charge in [-0.2, -0.15) is 0 Å². The van der Waals surface area contributed by atoms with Gasteiger partial charge in [-0.3, -0.25) is 4.79 Å². The van der Waals surface area contributed by atoms with Crippen molar-refractivity contribution < 1.29 is 14.6 Å². The van der Waals surface area contributed by atoms with E-state index in [2.05, 4.69) is 0 Å². The van der Waals surface area contributed by atoms with Crippen molar-refractivity contribution in [2.45, 2.75) is 51.7 Å². The molecule has 3 heteroatoms. The van der Waals surface area contributed by atoms with Crippen molar-refractivity contribution in [3.8, 4) is 0 Å². The Hall–Kier alpha value is -0.570. The van der Waals surface area contributed by atoms with Gasteiger partial charge in [-0.15, -0.1) is 0 Å². The van der Waals surface area contributed by atoms with Crippen LogP contribution in [-0.4, -0.2) is 23.3 Å². The lowest BCUT2D eigenvalue weighted by Crippen LogP contribution is -2.33. The standard InChI is InChI=1S/C10H18O3/c1-7(2)13-10(12)8-5-3-4-6-9(8)11/h7-9,11H,3-6H2,1-2H3/t8-,9-/m1/s1. The lowest BCUT2D eigenvalue weighted by atomic mass is 9.87. The summed E-state index contributed by atoms with van der Waals surface area (Å²) in [5.74, 6) is -0.515. The second kappa shape index (κ2) is 4.61. The second-order valence-corrected chi connectivity index (χ2v) is 3.94. The summed E-state index contributed by atoms with van der Waals surface area (Å²) in [7, 11) is 0. The summed E-state index contributed by atoms with van der Waals surface area (Å²) >= 11 is 0. The maximum Gasteiger partial charge on any atom is 0.311 e. The molecule has 1 aliphatic carbocycles. The van der Waals surface area contributed by atoms with Crippen molar-refractivity contribution in [1.82, 2.24) is 0 Å². The van der Waals surface area contributed by atoms with Crippen molar-refractivity contribution in [3.63, 3.8) is 0 Å². The minimum atomic E-state index is -0.486. The van der Waals surface area contributed by atoms with Crippen LogP contribution >= 0.6 is 0 Å². The number of aliphatic hydroxyl groups excluding tert-OH is 1. The van der Waals surface area contributed by atoms with E-state index in [4.69, 9.17) is 4.74 Å². The zero-order valence-electron chi connectivity index (χ0n) is 8.32. The Morgan fingerprint density at radius 2 is 2.00 bits per heavy atom. The lowest BCUT2D eigenvalue weighted by molar-refractivity contribution is -0.158. The van der Waals surface area contributed by atoms with Crippen LogP contribution in [0.5, 0.6) is 0 Å². The molecule has 0 aromatic rings. The van der Waals surface area contributed by atoms with E-state index in [0.29, 0.717) is 0 Å². The van der Waals surface area contributed by atoms with E-state index in [1.54, 1.807) is 0 Å². The Labute approximate surface area is 79.1 Å². The summed E-state index contributed by atoms with van der Waals surface area (Å²) < 4.78 is 5.06. The SMILES string of the molecule is CC(C)OC(=O)[C@@H]1CCCC[C@H]1O. The molecular weight excluding hydrogens is 168 g/mol. The molecule has 0 saturated heterocycles. The quantitative estimate of drug-likeness (QED) is 0.664. The number of hydrogen-bond donors (Lipinski definition) is 1. The van der Waals surface area contributed by atoms with Gasteiger partial charge in [0.1, 0.15) is 0 Å². The molecule has 0 aromatic heterocycles. The third-order valence-corrected chi connectivity index (χ3v) is 2.38. The van der Waals surface area contributed by atoms with Crippen LogP contribution < -0.4 is 0 Å². The van der Waals surface area contributed by atoms with E-state index in [-0.39, 0.29) is 18.0 Å². The molecule has 0 bridgehead atoms. The summed E-state index contributed by atoms with van der Waals surface area (Å²) in [5.41, 5.74) is 0. The van der Waals surface area contributed by atoms with Crippen LogP contribution in [0.15, 0.2) is 0 Å². The molecule has 1 fully saturated rings. The van der Waals surface area contributed by atoms with Crippen LogP contribution in [0.25, 0.3) is 0 Å². The average Bonchev–Trinajstić information content (AvgIpc) is 2.03. The summed E-state index contributed by atoms with van der Waals surface area (Å²) in [6.07, 6.45) is 2.98. The molecule has 13 heavy (non-hydrogen) atoms. The van der Waals surface area contributed by atoms with Gasteiger partial charge in [-0.05, 0) is 26.7 Å². The largest absolute Gasteiger partial charge is 0.463 e. The molecule has 76 valence electrons. The van der Waals surface area contributed by atoms with Crippen molar-refractivity contribution >= 4 is 5.97 Å². The van der Waals surface area contributed by atoms with E-state index in [0.717, 1.165) is 25.7 Å². The van der Waals surface area contributed by atoms with E-state index in [1.165, 1.54) is 0 Å². The van der Waals surface area contributed by atoms with Crippen LogP contribution in [0.2, 0.25) is 0 Å². The maximum absolute atomic E-state index is 11.4. The average molecular weight is 186 g/mol. The molecule has 0 unspecified atom stereocenters. The first-order valence-electron chi connectivity index (χ1n) is 5.00. The number of aliphatic hydroxyl groups is 1. The zero-order chi connectivity index (χ0) is 9.84. The minimum Gasteiger partial charge on any atom is -0.463 e. The first kappa shape index (κ1) is 10.5. The molecule has 1 rings (SSSR count). The molecule has 0 amide bonds. The molecule has 2 atom stereocenters. The molecule has 0 radical (unpaired) electrons. The number of carbonyl (C=O) groups is 1. The molecular formula is C10H18O3. The Morgan fingerprint density at radius 1 is 1.38 bits per heavy atom. The molecule has 3 nitrogen and oxygen atoms in total. The van der Waals surface area contributed by atoms with Gasteiger partial charge in [0.15, 0.2) is 0 Å². The predicted octanol–water partition coefficient (Wildman–Crippen LogP) is 1.49. The van der Waals surface area contributed by atoms with Gasteiger partial charge in [0.2, 0.25) is 0 Å². The van der Waals surface area contributed by atoms with E-state index in [9.17, 15) is 9.90 Å². The topological polar surface area (TPSA) is 46.5 Å². The highest BCUT2D eigenvalue weighted by Crippen LogP contribution is 2.25. The van der Waals surface area contributed by atoms with Crippen molar-refractivity contribution in [1.29, 1.82) is 0 Å². The third kappa shape index (κ3) is 2.99. The Balaban J connectivity index is 2.44. The lowest BCUT2D eigenvalue weighted by Gasteiger charge is -2.26. The van der Waals surface area contributed by atoms with Crippen molar-refractivity contribution in [2.24, 2.45) is 5.92 Å². The fourth-order valence-corrected chi connectivity index (χ4v) is 1.71. The van der Waals surface area contributed by atoms with Gasteiger partial charge in [0.25, 0.3) is 0 Å². The van der Waals surface area contributed by atoms with Crippen LogP contribution in [-0.2, 0) is 9.53 Å². The van der Waals surface area contributed by atoms with E-state index >= 15 is 0 Å². The van der Waals surface area contributed by atoms with Gasteiger partial charge >= 0.3 is 5.97 Å². The highest BCUT2D eigenvalue weighted by atomic mass is 16.5. The van der Waals surface area contributed by atoms with Gasteiger partial charge in [0, 0.05) is 0 Å². The van der Waals surface area contributed by atoms with Crippen LogP contribution in [0.1, 0.15) is 39.5 Å². The predicted molar refractivity (Wildman–Crippen MR) is 49.2 cm³/mol. The van der Waals surface area contributed by atoms with E-state index < -0.39 is 6.10 Å². The smallest absolute Gasteiger partial charge is 0.311 e.